The van der Waals surface area contributed by atoms with E-state index in [1.807, 2.05) is 54.6 Å². The quantitative estimate of drug-likeness (QED) is 0.657. The summed E-state index contributed by atoms with van der Waals surface area (Å²) in [5.41, 5.74) is 3.02. The van der Waals surface area contributed by atoms with E-state index in [0.717, 1.165) is 16.7 Å². The first kappa shape index (κ1) is 16.3. The minimum atomic E-state index is -1.53. The van der Waals surface area contributed by atoms with E-state index in [0.29, 0.717) is 12.6 Å². The molecule has 5 heteroatoms. The van der Waals surface area contributed by atoms with Gasteiger partial charge in [-0.2, -0.15) is 0 Å². The summed E-state index contributed by atoms with van der Waals surface area (Å²) in [6, 6.07) is 17.6. The van der Waals surface area contributed by atoms with E-state index in [4.69, 9.17) is 10.2 Å². The fraction of sp³-hybridized carbons (Fsp3) is 0.111. The summed E-state index contributed by atoms with van der Waals surface area (Å²) in [4.78, 5) is 23.7. The van der Waals surface area contributed by atoms with Crippen LogP contribution < -0.4 is 0 Å². The Morgan fingerprint density at radius 2 is 1.65 bits per heavy atom. The SMILES string of the molecule is CN(Cc1cccc(-c2ccccc2)c1)C(=O)/C=C(\O)C(=O)O. The van der Waals surface area contributed by atoms with Crippen LogP contribution in [-0.2, 0) is 16.1 Å². The maximum absolute atomic E-state index is 11.8. The lowest BCUT2D eigenvalue weighted by Crippen LogP contribution is -2.25. The number of carbonyl (C=O) groups excluding carboxylic acids is 1. The maximum atomic E-state index is 11.8. The van der Waals surface area contributed by atoms with Crippen molar-refractivity contribution in [1.82, 2.24) is 4.90 Å². The van der Waals surface area contributed by atoms with Gasteiger partial charge in [0.15, 0.2) is 0 Å². The number of aliphatic hydroxyl groups is 1. The smallest absolute Gasteiger partial charge is 0.371 e. The highest BCUT2D eigenvalue weighted by Crippen LogP contribution is 2.20. The van der Waals surface area contributed by atoms with Crippen LogP contribution in [0.15, 0.2) is 66.4 Å². The predicted octanol–water partition coefficient (Wildman–Crippen LogP) is 2.84. The number of carbonyl (C=O) groups is 2. The molecule has 0 saturated carbocycles. The van der Waals surface area contributed by atoms with E-state index < -0.39 is 17.6 Å². The van der Waals surface area contributed by atoms with Crippen LogP contribution in [0.4, 0.5) is 0 Å². The number of amides is 1. The third-order valence-electron chi connectivity index (χ3n) is 3.31. The van der Waals surface area contributed by atoms with Crippen LogP contribution in [0.5, 0.6) is 0 Å². The highest BCUT2D eigenvalue weighted by Gasteiger charge is 2.12. The molecule has 0 spiro atoms. The number of likely N-dealkylation sites (N-methyl/N-ethyl adjacent to an activating group) is 1. The number of hydrogen-bond acceptors (Lipinski definition) is 3. The minimum Gasteiger partial charge on any atom is -0.502 e. The average molecular weight is 311 g/mol. The van der Waals surface area contributed by atoms with E-state index in [1.54, 1.807) is 7.05 Å². The molecule has 0 fully saturated rings. The molecule has 0 heterocycles. The molecule has 0 aromatic heterocycles. The zero-order valence-corrected chi connectivity index (χ0v) is 12.6. The third kappa shape index (κ3) is 4.44. The first-order valence-electron chi connectivity index (χ1n) is 7.01. The number of benzene rings is 2. The van der Waals surface area contributed by atoms with Crippen LogP contribution in [0.3, 0.4) is 0 Å². The van der Waals surface area contributed by atoms with Crippen LogP contribution in [0.2, 0.25) is 0 Å². The van der Waals surface area contributed by atoms with Crippen molar-refractivity contribution in [2.24, 2.45) is 0 Å². The second-order valence-corrected chi connectivity index (χ2v) is 5.10. The molecule has 1 amide bonds. The summed E-state index contributed by atoms with van der Waals surface area (Å²) < 4.78 is 0. The molecule has 0 atom stereocenters. The van der Waals surface area contributed by atoms with Crippen molar-refractivity contribution in [1.29, 1.82) is 0 Å². The highest BCUT2D eigenvalue weighted by molar-refractivity contribution is 5.95. The number of nitrogens with zero attached hydrogens (tertiary/aromatic N) is 1. The Hall–Kier alpha value is -3.08. The second-order valence-electron chi connectivity index (χ2n) is 5.10. The number of aliphatic carboxylic acids is 1. The van der Waals surface area contributed by atoms with Gasteiger partial charge in [0.2, 0.25) is 5.76 Å². The molecule has 0 radical (unpaired) electrons. The number of rotatable bonds is 5. The van der Waals surface area contributed by atoms with Gasteiger partial charge >= 0.3 is 5.97 Å². The zero-order valence-electron chi connectivity index (χ0n) is 12.6. The van der Waals surface area contributed by atoms with E-state index in [1.165, 1.54) is 4.90 Å². The summed E-state index contributed by atoms with van der Waals surface area (Å²) in [5.74, 6) is -3.08. The van der Waals surface area contributed by atoms with Crippen LogP contribution in [0.25, 0.3) is 11.1 Å². The van der Waals surface area contributed by atoms with Gasteiger partial charge in [-0.3, -0.25) is 4.79 Å². The van der Waals surface area contributed by atoms with Crippen LogP contribution in [0, 0.1) is 0 Å². The molecule has 0 unspecified atom stereocenters. The molecule has 2 aromatic rings. The molecular weight excluding hydrogens is 294 g/mol. The third-order valence-corrected chi connectivity index (χ3v) is 3.31. The molecule has 0 bridgehead atoms. The van der Waals surface area contributed by atoms with Gasteiger partial charge in [-0.05, 0) is 22.8 Å². The first-order valence-corrected chi connectivity index (χ1v) is 7.01. The fourth-order valence-electron chi connectivity index (χ4n) is 2.12. The summed E-state index contributed by atoms with van der Waals surface area (Å²) in [6.07, 6.45) is 0.698. The Bertz CT molecular complexity index is 738. The Balaban J connectivity index is 2.13. The largest absolute Gasteiger partial charge is 0.502 e. The Kier molecular flexibility index (Phi) is 5.15. The molecule has 0 aliphatic heterocycles. The molecule has 0 aliphatic rings. The molecule has 2 aromatic carbocycles. The molecule has 0 aliphatic carbocycles. The lowest BCUT2D eigenvalue weighted by atomic mass is 10.0. The van der Waals surface area contributed by atoms with Crippen molar-refractivity contribution < 1.29 is 19.8 Å². The van der Waals surface area contributed by atoms with Crippen LogP contribution in [-0.4, -0.2) is 34.0 Å². The van der Waals surface area contributed by atoms with Crippen molar-refractivity contribution in [2.45, 2.75) is 6.54 Å². The van der Waals surface area contributed by atoms with Crippen molar-refractivity contribution in [2.75, 3.05) is 7.05 Å². The van der Waals surface area contributed by atoms with Gasteiger partial charge < -0.3 is 15.1 Å². The van der Waals surface area contributed by atoms with E-state index >= 15 is 0 Å². The predicted molar refractivity (Wildman–Crippen MR) is 86.7 cm³/mol. The van der Waals surface area contributed by atoms with Gasteiger partial charge in [0.05, 0.1) is 6.08 Å². The standard InChI is InChI=1S/C18H17NO4/c1-19(17(21)11-16(20)18(22)23)12-13-6-5-9-15(10-13)14-7-3-2-4-8-14/h2-11,20H,12H2,1H3,(H,22,23)/b16-11-. The summed E-state index contributed by atoms with van der Waals surface area (Å²) >= 11 is 0. The first-order chi connectivity index (χ1) is 11.0. The fourth-order valence-corrected chi connectivity index (χ4v) is 2.12. The highest BCUT2D eigenvalue weighted by atomic mass is 16.4. The average Bonchev–Trinajstić information content (AvgIpc) is 2.55. The van der Waals surface area contributed by atoms with Crippen LogP contribution in [0.1, 0.15) is 5.56 Å². The molecule has 23 heavy (non-hydrogen) atoms. The number of hydrogen-bond donors (Lipinski definition) is 2. The van der Waals surface area contributed by atoms with Gasteiger partial charge in [-0.1, -0.05) is 48.5 Å². The Morgan fingerprint density at radius 3 is 2.30 bits per heavy atom. The molecule has 2 rings (SSSR count). The van der Waals surface area contributed by atoms with Crippen LogP contribution >= 0.6 is 0 Å². The van der Waals surface area contributed by atoms with E-state index in [-0.39, 0.29) is 0 Å². The summed E-state index contributed by atoms with van der Waals surface area (Å²) in [6.45, 7) is 0.308. The molecule has 118 valence electrons. The van der Waals surface area contributed by atoms with Crippen molar-refractivity contribution in [3.05, 3.63) is 72.0 Å². The van der Waals surface area contributed by atoms with Gasteiger partial charge in [-0.15, -0.1) is 0 Å². The summed E-state index contributed by atoms with van der Waals surface area (Å²) in [5, 5.41) is 17.7. The second kappa shape index (κ2) is 7.26. The van der Waals surface area contributed by atoms with Gasteiger partial charge in [0, 0.05) is 13.6 Å². The van der Waals surface area contributed by atoms with Gasteiger partial charge in [0.25, 0.3) is 5.91 Å². The Labute approximate surface area is 134 Å². The molecule has 2 N–H and O–H groups in total. The normalized spacial score (nSPS) is 11.1. The minimum absolute atomic E-state index is 0.308. The molecule has 5 nitrogen and oxygen atoms in total. The van der Waals surface area contributed by atoms with E-state index in [2.05, 4.69) is 0 Å². The topological polar surface area (TPSA) is 77.8 Å². The summed E-state index contributed by atoms with van der Waals surface area (Å²) in [7, 11) is 1.54. The maximum Gasteiger partial charge on any atom is 0.371 e. The Morgan fingerprint density at radius 1 is 1.00 bits per heavy atom. The molecule has 0 saturated heterocycles. The lowest BCUT2D eigenvalue weighted by Gasteiger charge is -2.16. The lowest BCUT2D eigenvalue weighted by molar-refractivity contribution is -0.136. The van der Waals surface area contributed by atoms with Crippen molar-refractivity contribution in [3.63, 3.8) is 0 Å². The number of aliphatic hydroxyl groups excluding tert-OH is 1. The molecular formula is C18H17NO4. The van der Waals surface area contributed by atoms with Gasteiger partial charge in [0.1, 0.15) is 0 Å². The number of carboxylic acid groups (broad SMARTS) is 1. The van der Waals surface area contributed by atoms with Gasteiger partial charge in [-0.25, -0.2) is 4.79 Å². The van der Waals surface area contributed by atoms with Crippen molar-refractivity contribution >= 4 is 11.9 Å². The van der Waals surface area contributed by atoms with E-state index in [9.17, 15) is 9.59 Å². The monoisotopic (exact) mass is 311 g/mol. The van der Waals surface area contributed by atoms with Crippen molar-refractivity contribution in [3.8, 4) is 11.1 Å². The number of carboxylic acids is 1. The zero-order chi connectivity index (χ0) is 16.8.